The highest BCUT2D eigenvalue weighted by molar-refractivity contribution is 9.15. The molecular weight excluding hydrogens is 488 g/mol. The Balaban J connectivity index is 3.59. The number of carbonyl (C=O) groups is 1. The second-order valence-electron chi connectivity index (χ2n) is 3.03. The first kappa shape index (κ1) is 15.6. The predicted octanol–water partition coefficient (Wildman–Crippen LogP) is 4.67. The Morgan fingerprint density at radius 1 is 1.00 bits per heavy atom. The zero-order valence-corrected chi connectivity index (χ0v) is 15.3. The molecule has 7 heteroatoms. The monoisotopic (exact) mass is 492 g/mol. The van der Waals surface area contributed by atoms with Crippen molar-refractivity contribution >= 4 is 69.7 Å². The Kier molecular flexibility index (Phi) is 6.12. The Labute approximate surface area is 133 Å². The number of rotatable bonds is 3. The molecule has 0 aliphatic heterocycles. The fraction of sp³-hybridized carbons (Fsp3) is 0.300. The number of hydrogen-bond donors (Lipinski definition) is 0. The van der Waals surface area contributed by atoms with Gasteiger partial charge in [-0.25, -0.2) is 4.79 Å². The molecule has 17 heavy (non-hydrogen) atoms. The number of ether oxygens (including phenoxy) is 2. The molecule has 3 nitrogen and oxygen atoms in total. The lowest BCUT2D eigenvalue weighted by Gasteiger charge is -2.15. The normalized spacial score (nSPS) is 10.5. The first-order chi connectivity index (χ1) is 7.95. The SMILES string of the molecule is COCc1c(Br)c(Br)c(Br)c(Br)c1C(=O)OC. The molecule has 0 N–H and O–H groups in total. The van der Waals surface area contributed by atoms with E-state index in [2.05, 4.69) is 63.7 Å². The molecule has 0 amide bonds. The molecule has 1 aromatic rings. The third-order valence-corrected chi connectivity index (χ3v) is 6.89. The molecule has 1 aromatic carbocycles. The van der Waals surface area contributed by atoms with Gasteiger partial charge in [-0.3, -0.25) is 0 Å². The van der Waals surface area contributed by atoms with Crippen LogP contribution in [0.2, 0.25) is 0 Å². The predicted molar refractivity (Wildman–Crippen MR) is 79.3 cm³/mol. The molecule has 94 valence electrons. The fourth-order valence-corrected chi connectivity index (χ4v) is 3.75. The number of hydrogen-bond acceptors (Lipinski definition) is 3. The molecule has 0 aliphatic carbocycles. The molecule has 0 fully saturated rings. The van der Waals surface area contributed by atoms with E-state index in [0.717, 1.165) is 19.0 Å². The second-order valence-corrected chi connectivity index (χ2v) is 6.21. The zero-order valence-electron chi connectivity index (χ0n) is 8.94. The number of carbonyl (C=O) groups excluding carboxylic acids is 1. The second kappa shape index (κ2) is 6.65. The average Bonchev–Trinajstić information content (AvgIpc) is 2.33. The summed E-state index contributed by atoms with van der Waals surface area (Å²) < 4.78 is 12.8. The highest BCUT2D eigenvalue weighted by Gasteiger charge is 2.24. The minimum atomic E-state index is -0.419. The third kappa shape index (κ3) is 3.12. The van der Waals surface area contributed by atoms with Crippen LogP contribution in [0.3, 0.4) is 0 Å². The molecule has 0 spiro atoms. The summed E-state index contributed by atoms with van der Waals surface area (Å²) in [6.45, 7) is 0.301. The summed E-state index contributed by atoms with van der Waals surface area (Å²) in [5, 5.41) is 0. The maximum atomic E-state index is 11.8. The van der Waals surface area contributed by atoms with Crippen LogP contribution >= 0.6 is 63.7 Å². The van der Waals surface area contributed by atoms with Crippen LogP contribution in [-0.2, 0) is 16.1 Å². The van der Waals surface area contributed by atoms with E-state index >= 15 is 0 Å². The summed E-state index contributed by atoms with van der Waals surface area (Å²) in [4.78, 5) is 11.8. The van der Waals surface area contributed by atoms with Gasteiger partial charge in [-0.2, -0.15) is 0 Å². The summed E-state index contributed by atoms with van der Waals surface area (Å²) in [5.74, 6) is -0.419. The van der Waals surface area contributed by atoms with E-state index in [4.69, 9.17) is 9.47 Å². The molecule has 1 rings (SSSR count). The zero-order chi connectivity index (χ0) is 13.2. The van der Waals surface area contributed by atoms with Crippen molar-refractivity contribution in [3.8, 4) is 0 Å². The first-order valence-electron chi connectivity index (χ1n) is 4.37. The summed E-state index contributed by atoms with van der Waals surface area (Å²) in [6, 6.07) is 0. The van der Waals surface area contributed by atoms with Gasteiger partial charge in [0.2, 0.25) is 0 Å². The van der Waals surface area contributed by atoms with Crippen molar-refractivity contribution in [3.63, 3.8) is 0 Å². The summed E-state index contributed by atoms with van der Waals surface area (Å²) >= 11 is 13.6. The van der Waals surface area contributed by atoms with E-state index in [-0.39, 0.29) is 0 Å². The van der Waals surface area contributed by atoms with Crippen LogP contribution in [0.5, 0.6) is 0 Å². The molecule has 0 bridgehead atoms. The van der Waals surface area contributed by atoms with Gasteiger partial charge in [0.05, 0.1) is 19.3 Å². The highest BCUT2D eigenvalue weighted by atomic mass is 79.9. The van der Waals surface area contributed by atoms with E-state index in [0.29, 0.717) is 16.6 Å². The maximum absolute atomic E-state index is 11.8. The minimum absolute atomic E-state index is 0.301. The standard InChI is InChI=1S/C10H8Br4O3/c1-16-3-4-5(10(15)17-2)7(12)9(14)8(13)6(4)11/h3H2,1-2H3. The van der Waals surface area contributed by atoms with Gasteiger partial charge >= 0.3 is 5.97 Å². The lowest BCUT2D eigenvalue weighted by molar-refractivity contribution is 0.0594. The molecule has 0 unspecified atom stereocenters. The fourth-order valence-electron chi connectivity index (χ4n) is 1.27. The Hall–Kier alpha value is 0.570. The molecule has 0 atom stereocenters. The first-order valence-corrected chi connectivity index (χ1v) is 7.54. The molecule has 0 aliphatic rings. The van der Waals surface area contributed by atoms with E-state index < -0.39 is 5.97 Å². The number of benzene rings is 1. The van der Waals surface area contributed by atoms with Crippen LogP contribution in [0, 0.1) is 0 Å². The van der Waals surface area contributed by atoms with Gasteiger partial charge in [0.25, 0.3) is 0 Å². The van der Waals surface area contributed by atoms with E-state index in [1.807, 2.05) is 0 Å². The van der Waals surface area contributed by atoms with Gasteiger partial charge < -0.3 is 9.47 Å². The van der Waals surface area contributed by atoms with Gasteiger partial charge in [-0.15, -0.1) is 0 Å². The molecule has 0 radical (unpaired) electrons. The van der Waals surface area contributed by atoms with Crippen LogP contribution in [0.15, 0.2) is 17.9 Å². The van der Waals surface area contributed by atoms with Crippen molar-refractivity contribution in [2.75, 3.05) is 14.2 Å². The summed E-state index contributed by atoms with van der Waals surface area (Å²) in [5.41, 5.74) is 1.16. The Morgan fingerprint density at radius 2 is 1.53 bits per heavy atom. The number of halogens is 4. The van der Waals surface area contributed by atoms with Crippen LogP contribution in [0.1, 0.15) is 15.9 Å². The highest BCUT2D eigenvalue weighted by Crippen LogP contribution is 2.42. The van der Waals surface area contributed by atoms with Crippen molar-refractivity contribution in [3.05, 3.63) is 29.0 Å². The van der Waals surface area contributed by atoms with Crippen LogP contribution in [-0.4, -0.2) is 20.2 Å². The molecule has 0 saturated carbocycles. The van der Waals surface area contributed by atoms with Gasteiger partial charge in [-0.05, 0) is 63.7 Å². The maximum Gasteiger partial charge on any atom is 0.339 e. The van der Waals surface area contributed by atoms with E-state index in [9.17, 15) is 4.79 Å². The minimum Gasteiger partial charge on any atom is -0.465 e. The lowest BCUT2D eigenvalue weighted by atomic mass is 10.1. The van der Waals surface area contributed by atoms with Crippen LogP contribution in [0.25, 0.3) is 0 Å². The summed E-state index contributed by atoms with van der Waals surface area (Å²) in [6.07, 6.45) is 0. The topological polar surface area (TPSA) is 35.5 Å². The quantitative estimate of drug-likeness (QED) is 0.347. The molecular formula is C10H8Br4O3. The molecule has 0 saturated heterocycles. The van der Waals surface area contributed by atoms with Gasteiger partial charge in [-0.1, -0.05) is 0 Å². The van der Waals surface area contributed by atoms with Crippen molar-refractivity contribution in [2.24, 2.45) is 0 Å². The van der Waals surface area contributed by atoms with Crippen molar-refractivity contribution in [1.29, 1.82) is 0 Å². The largest absolute Gasteiger partial charge is 0.465 e. The average molecular weight is 496 g/mol. The van der Waals surface area contributed by atoms with Crippen molar-refractivity contribution in [1.82, 2.24) is 0 Å². The van der Waals surface area contributed by atoms with Crippen LogP contribution in [0.4, 0.5) is 0 Å². The Morgan fingerprint density at radius 3 is 2.00 bits per heavy atom. The van der Waals surface area contributed by atoms with E-state index in [1.165, 1.54) is 7.11 Å². The van der Waals surface area contributed by atoms with E-state index in [1.54, 1.807) is 7.11 Å². The lowest BCUT2D eigenvalue weighted by Crippen LogP contribution is -2.09. The third-order valence-electron chi connectivity index (χ3n) is 2.04. The van der Waals surface area contributed by atoms with Crippen molar-refractivity contribution in [2.45, 2.75) is 6.61 Å². The van der Waals surface area contributed by atoms with Gasteiger partial charge in [0.15, 0.2) is 0 Å². The molecule has 0 heterocycles. The smallest absolute Gasteiger partial charge is 0.339 e. The van der Waals surface area contributed by atoms with Gasteiger partial charge in [0.1, 0.15) is 0 Å². The number of esters is 1. The number of methoxy groups -OCH3 is 2. The van der Waals surface area contributed by atoms with Gasteiger partial charge in [0, 0.05) is 30.6 Å². The summed E-state index contributed by atoms with van der Waals surface area (Å²) in [7, 11) is 2.91. The van der Waals surface area contributed by atoms with Crippen LogP contribution < -0.4 is 0 Å². The molecule has 0 aromatic heterocycles. The van der Waals surface area contributed by atoms with Crippen molar-refractivity contribution < 1.29 is 14.3 Å². The Bertz CT molecular complexity index is 460.